The van der Waals surface area contributed by atoms with Crippen molar-refractivity contribution in [2.45, 2.75) is 39.2 Å². The maximum Gasteiger partial charge on any atom is 0.270 e. The van der Waals surface area contributed by atoms with E-state index in [1.54, 1.807) is 12.4 Å². The predicted molar refractivity (Wildman–Crippen MR) is 114 cm³/mol. The van der Waals surface area contributed by atoms with Crippen LogP contribution in [0.4, 0.5) is 0 Å². The molecule has 0 spiro atoms. The van der Waals surface area contributed by atoms with Crippen LogP contribution in [0.15, 0.2) is 24.5 Å². The van der Waals surface area contributed by atoms with Crippen molar-refractivity contribution in [3.63, 3.8) is 0 Å². The zero-order chi connectivity index (χ0) is 20.9. The van der Waals surface area contributed by atoms with Crippen LogP contribution >= 0.6 is 0 Å². The number of nitrogens with zero attached hydrogens (tertiary/aromatic N) is 3. The van der Waals surface area contributed by atoms with E-state index < -0.39 is 0 Å². The average Bonchev–Trinajstić information content (AvgIpc) is 3.12. The maximum atomic E-state index is 13.5. The second kappa shape index (κ2) is 9.53. The Labute approximate surface area is 177 Å². The molecule has 1 N–H and O–H groups in total. The fraction of sp³-hybridized carbons (Fsp3) is 0.522. The Kier molecular flexibility index (Phi) is 6.59. The molecule has 2 aliphatic rings. The van der Waals surface area contributed by atoms with Crippen LogP contribution in [-0.4, -0.2) is 70.9 Å². The molecular formula is C23H30N4O3. The van der Waals surface area contributed by atoms with Crippen molar-refractivity contribution in [1.29, 1.82) is 0 Å². The van der Waals surface area contributed by atoms with Gasteiger partial charge in [-0.3, -0.25) is 19.5 Å². The van der Waals surface area contributed by atoms with Gasteiger partial charge in [0.05, 0.1) is 13.2 Å². The first-order valence-corrected chi connectivity index (χ1v) is 10.9. The number of hydrogen-bond donors (Lipinski definition) is 1. The number of pyridine rings is 1. The second-order valence-electron chi connectivity index (χ2n) is 8.15. The van der Waals surface area contributed by atoms with Gasteiger partial charge in [-0.05, 0) is 49.4 Å². The fourth-order valence-corrected chi connectivity index (χ4v) is 4.42. The molecule has 1 aliphatic carbocycles. The third kappa shape index (κ3) is 4.63. The number of ether oxygens (including phenoxy) is 1. The molecule has 3 heterocycles. The minimum atomic E-state index is -0.0338. The number of aryl methyl sites for hydroxylation is 1. The van der Waals surface area contributed by atoms with E-state index in [4.69, 9.17) is 4.74 Å². The lowest BCUT2D eigenvalue weighted by molar-refractivity contribution is 0.0355. The fourth-order valence-electron chi connectivity index (χ4n) is 4.42. The average molecular weight is 411 g/mol. The van der Waals surface area contributed by atoms with Crippen molar-refractivity contribution >= 4 is 11.7 Å². The molecule has 0 unspecified atom stereocenters. The van der Waals surface area contributed by atoms with E-state index in [2.05, 4.69) is 14.9 Å². The number of nitrogens with one attached hydrogen (secondary N) is 1. The standard InChI is InChI=1S/C23H30N4O3/c1-17-21-19(4-2-5-20(21)28)25-22(17)23(29)27(16-18-6-8-24-9-7-18)11-3-10-26-12-14-30-15-13-26/h6-9,25H,2-5,10-16H2,1H3. The molecule has 1 saturated heterocycles. The number of aromatic nitrogens is 2. The summed E-state index contributed by atoms with van der Waals surface area (Å²) < 4.78 is 5.42. The molecule has 0 aromatic carbocycles. The molecule has 1 fully saturated rings. The summed E-state index contributed by atoms with van der Waals surface area (Å²) in [4.78, 5) is 37.5. The largest absolute Gasteiger partial charge is 0.379 e. The topological polar surface area (TPSA) is 78.5 Å². The van der Waals surface area contributed by atoms with Gasteiger partial charge in [0, 0.05) is 62.8 Å². The first-order valence-electron chi connectivity index (χ1n) is 10.9. The van der Waals surface area contributed by atoms with E-state index in [0.717, 1.165) is 74.5 Å². The van der Waals surface area contributed by atoms with Crippen molar-refractivity contribution in [2.75, 3.05) is 39.4 Å². The summed E-state index contributed by atoms with van der Waals surface area (Å²) in [5.41, 5.74) is 4.07. The third-order valence-electron chi connectivity index (χ3n) is 6.07. The summed E-state index contributed by atoms with van der Waals surface area (Å²) in [6.07, 6.45) is 6.65. The number of H-pyrrole nitrogens is 1. The molecule has 2 aromatic heterocycles. The van der Waals surface area contributed by atoms with Gasteiger partial charge in [-0.1, -0.05) is 0 Å². The van der Waals surface area contributed by atoms with Gasteiger partial charge in [0.2, 0.25) is 0 Å². The van der Waals surface area contributed by atoms with Crippen LogP contribution in [0, 0.1) is 6.92 Å². The van der Waals surface area contributed by atoms with Gasteiger partial charge in [0.1, 0.15) is 5.69 Å². The lowest BCUT2D eigenvalue weighted by Crippen LogP contribution is -2.39. The smallest absolute Gasteiger partial charge is 0.270 e. The maximum absolute atomic E-state index is 13.5. The van der Waals surface area contributed by atoms with Gasteiger partial charge in [0.15, 0.2) is 5.78 Å². The molecule has 1 aliphatic heterocycles. The molecule has 160 valence electrons. The zero-order valence-corrected chi connectivity index (χ0v) is 17.7. The van der Waals surface area contributed by atoms with Gasteiger partial charge in [0.25, 0.3) is 5.91 Å². The Morgan fingerprint density at radius 3 is 2.73 bits per heavy atom. The number of carbonyl (C=O) groups is 2. The normalized spacial score (nSPS) is 17.0. The first-order chi connectivity index (χ1) is 14.6. The van der Waals surface area contributed by atoms with Crippen LogP contribution in [0.1, 0.15) is 56.9 Å². The van der Waals surface area contributed by atoms with E-state index in [-0.39, 0.29) is 11.7 Å². The number of hydrogen-bond acceptors (Lipinski definition) is 5. The molecule has 2 aromatic rings. The number of fused-ring (bicyclic) bond motifs is 1. The van der Waals surface area contributed by atoms with Crippen molar-refractivity contribution in [3.05, 3.63) is 52.6 Å². The highest BCUT2D eigenvalue weighted by Crippen LogP contribution is 2.27. The Bertz CT molecular complexity index is 887. The number of rotatable bonds is 7. The van der Waals surface area contributed by atoms with Gasteiger partial charge in [-0.15, -0.1) is 0 Å². The molecular weight excluding hydrogens is 380 g/mol. The quantitative estimate of drug-likeness (QED) is 0.759. The summed E-state index contributed by atoms with van der Waals surface area (Å²) in [6, 6.07) is 3.89. The number of carbonyl (C=O) groups excluding carboxylic acids is 2. The lowest BCUT2D eigenvalue weighted by atomic mass is 9.93. The highest BCUT2D eigenvalue weighted by molar-refractivity contribution is 6.04. The van der Waals surface area contributed by atoms with Crippen LogP contribution in [0.25, 0.3) is 0 Å². The van der Waals surface area contributed by atoms with Crippen LogP contribution in [0.2, 0.25) is 0 Å². The highest BCUT2D eigenvalue weighted by atomic mass is 16.5. The predicted octanol–water partition coefficient (Wildman–Crippen LogP) is 2.60. The molecule has 30 heavy (non-hydrogen) atoms. The first kappa shape index (κ1) is 20.8. The van der Waals surface area contributed by atoms with Gasteiger partial charge < -0.3 is 14.6 Å². The third-order valence-corrected chi connectivity index (χ3v) is 6.07. The SMILES string of the molecule is Cc1c(C(=O)N(CCCN2CCOCC2)Cc2ccncc2)[nH]c2c1C(=O)CCC2. The molecule has 0 atom stereocenters. The van der Waals surface area contributed by atoms with E-state index in [0.29, 0.717) is 25.2 Å². The second-order valence-corrected chi connectivity index (χ2v) is 8.15. The van der Waals surface area contributed by atoms with E-state index in [9.17, 15) is 9.59 Å². The van der Waals surface area contributed by atoms with Crippen molar-refractivity contribution in [3.8, 4) is 0 Å². The van der Waals surface area contributed by atoms with Crippen molar-refractivity contribution in [1.82, 2.24) is 19.8 Å². The summed E-state index contributed by atoms with van der Waals surface area (Å²) in [6.45, 7) is 7.48. The van der Waals surface area contributed by atoms with E-state index in [1.165, 1.54) is 0 Å². The molecule has 0 bridgehead atoms. The van der Waals surface area contributed by atoms with Crippen LogP contribution < -0.4 is 0 Å². The minimum absolute atomic E-state index is 0.0338. The molecule has 7 nitrogen and oxygen atoms in total. The lowest BCUT2D eigenvalue weighted by Gasteiger charge is -2.28. The Morgan fingerprint density at radius 2 is 2.00 bits per heavy atom. The Morgan fingerprint density at radius 1 is 1.23 bits per heavy atom. The van der Waals surface area contributed by atoms with Crippen molar-refractivity contribution < 1.29 is 14.3 Å². The Balaban J connectivity index is 1.50. The molecule has 0 radical (unpaired) electrons. The number of amides is 1. The Hall–Kier alpha value is -2.51. The monoisotopic (exact) mass is 410 g/mol. The summed E-state index contributed by atoms with van der Waals surface area (Å²) in [5.74, 6) is 0.116. The number of ketones is 1. The number of aromatic amines is 1. The molecule has 4 rings (SSSR count). The number of morpholine rings is 1. The minimum Gasteiger partial charge on any atom is -0.379 e. The van der Waals surface area contributed by atoms with Gasteiger partial charge in [-0.25, -0.2) is 0 Å². The molecule has 7 heteroatoms. The molecule has 0 saturated carbocycles. The van der Waals surface area contributed by atoms with E-state index >= 15 is 0 Å². The van der Waals surface area contributed by atoms with Gasteiger partial charge in [-0.2, -0.15) is 0 Å². The highest BCUT2D eigenvalue weighted by Gasteiger charge is 2.28. The zero-order valence-electron chi connectivity index (χ0n) is 17.7. The van der Waals surface area contributed by atoms with Crippen LogP contribution in [0.3, 0.4) is 0 Å². The molecule has 1 amide bonds. The van der Waals surface area contributed by atoms with Gasteiger partial charge >= 0.3 is 0 Å². The van der Waals surface area contributed by atoms with E-state index in [1.807, 2.05) is 24.0 Å². The van der Waals surface area contributed by atoms with Crippen molar-refractivity contribution in [2.24, 2.45) is 0 Å². The van der Waals surface area contributed by atoms with Crippen LogP contribution in [0.5, 0.6) is 0 Å². The summed E-state index contributed by atoms with van der Waals surface area (Å²) >= 11 is 0. The summed E-state index contributed by atoms with van der Waals surface area (Å²) in [5, 5.41) is 0. The van der Waals surface area contributed by atoms with Crippen LogP contribution in [-0.2, 0) is 17.7 Å². The number of Topliss-reactive ketones (excluding diaryl/α,β-unsaturated/α-hetero) is 1. The summed E-state index contributed by atoms with van der Waals surface area (Å²) in [7, 11) is 0.